The van der Waals surface area contributed by atoms with Crippen LogP contribution in [0.1, 0.15) is 98.3 Å². The molecule has 0 aromatic rings. The third-order valence-corrected chi connectivity index (χ3v) is 6.53. The van der Waals surface area contributed by atoms with Crippen LogP contribution in [-0.2, 0) is 14.4 Å². The highest BCUT2D eigenvalue weighted by atomic mass is 16.4. The Morgan fingerprint density at radius 1 is 0.742 bits per heavy atom. The van der Waals surface area contributed by atoms with Crippen molar-refractivity contribution >= 4 is 17.9 Å². The monoisotopic (exact) mass is 441 g/mol. The molecule has 0 aliphatic heterocycles. The van der Waals surface area contributed by atoms with Gasteiger partial charge in [-0.1, -0.05) is 70.8 Å². The summed E-state index contributed by atoms with van der Waals surface area (Å²) in [6, 6.07) is -3.69. The molecule has 31 heavy (non-hydrogen) atoms. The Morgan fingerprint density at radius 2 is 1.16 bits per heavy atom. The van der Waals surface area contributed by atoms with Crippen molar-refractivity contribution in [2.45, 2.75) is 116 Å². The number of quaternary nitrogens is 1. The van der Waals surface area contributed by atoms with Crippen molar-refractivity contribution in [2.24, 2.45) is 0 Å². The van der Waals surface area contributed by atoms with Crippen LogP contribution >= 0.6 is 0 Å². The minimum absolute atomic E-state index is 0.00778. The molecule has 180 valence electrons. The van der Waals surface area contributed by atoms with Crippen LogP contribution in [0.5, 0.6) is 0 Å². The molecule has 0 spiro atoms. The maximum absolute atomic E-state index is 11.7. The molecule has 0 aliphatic rings. The second kappa shape index (κ2) is 15.8. The minimum atomic E-state index is -1.45. The number of aliphatic carboxylic acids is 3. The maximum atomic E-state index is 11.7. The molecular formula is C24H43NO6. The van der Waals surface area contributed by atoms with Gasteiger partial charge < -0.3 is 20.1 Å². The van der Waals surface area contributed by atoms with E-state index in [-0.39, 0.29) is 6.54 Å². The number of hydrogen-bond acceptors (Lipinski definition) is 4. The van der Waals surface area contributed by atoms with Gasteiger partial charge in [0.25, 0.3) is 0 Å². The third kappa shape index (κ3) is 9.85. The van der Waals surface area contributed by atoms with Gasteiger partial charge in [-0.05, 0) is 39.7 Å². The second-order valence-corrected chi connectivity index (χ2v) is 8.64. The molecule has 0 rings (SSSR count). The van der Waals surface area contributed by atoms with E-state index in [4.69, 9.17) is 0 Å². The van der Waals surface area contributed by atoms with Crippen molar-refractivity contribution in [3.8, 4) is 0 Å². The minimum Gasteiger partial charge on any atom is -0.544 e. The molecule has 7 heteroatoms. The number of carbonyl (C=O) groups excluding carboxylic acids is 1. The smallest absolute Gasteiger partial charge is 0.362 e. The molecule has 0 aromatic heterocycles. The van der Waals surface area contributed by atoms with E-state index >= 15 is 0 Å². The van der Waals surface area contributed by atoms with Gasteiger partial charge in [0.1, 0.15) is 6.04 Å². The number of nitrogens with zero attached hydrogens (tertiary/aromatic N) is 1. The van der Waals surface area contributed by atoms with Crippen molar-refractivity contribution in [2.75, 3.05) is 6.54 Å². The van der Waals surface area contributed by atoms with Crippen molar-refractivity contribution in [3.63, 3.8) is 0 Å². The quantitative estimate of drug-likeness (QED) is 0.179. The summed E-state index contributed by atoms with van der Waals surface area (Å²) in [5.41, 5.74) is 0. The summed E-state index contributed by atoms with van der Waals surface area (Å²) in [6.45, 7) is 6.27. The van der Waals surface area contributed by atoms with Crippen molar-refractivity contribution < 1.29 is 34.2 Å². The average molecular weight is 442 g/mol. The van der Waals surface area contributed by atoms with Gasteiger partial charge in [-0.15, -0.1) is 0 Å². The Labute approximate surface area is 187 Å². The lowest BCUT2D eigenvalue weighted by Crippen LogP contribution is -2.71. The molecule has 0 bridgehead atoms. The molecule has 0 amide bonds. The normalized spacial score (nSPS) is 16.5. The molecule has 3 atom stereocenters. The van der Waals surface area contributed by atoms with Crippen LogP contribution < -0.4 is 5.11 Å². The van der Waals surface area contributed by atoms with Crippen molar-refractivity contribution in [3.05, 3.63) is 12.2 Å². The zero-order valence-corrected chi connectivity index (χ0v) is 19.8. The predicted octanol–water partition coefficient (Wildman–Crippen LogP) is 3.76. The van der Waals surface area contributed by atoms with Crippen molar-refractivity contribution in [1.82, 2.24) is 0 Å². The van der Waals surface area contributed by atoms with E-state index in [2.05, 4.69) is 6.92 Å². The lowest BCUT2D eigenvalue weighted by Gasteiger charge is -2.48. The highest BCUT2D eigenvalue weighted by molar-refractivity contribution is 5.77. The predicted molar refractivity (Wildman–Crippen MR) is 119 cm³/mol. The SMILES string of the molecule is CCCCCCCCCCCC/C=C/C[N+](C(C)C(=O)[O-])(C(C)C(=O)O)C(C)C(=O)O. The maximum Gasteiger partial charge on any atom is 0.362 e. The zero-order chi connectivity index (χ0) is 23.9. The molecule has 7 nitrogen and oxygen atoms in total. The summed E-state index contributed by atoms with van der Waals surface area (Å²) in [5.74, 6) is -3.92. The molecule has 0 fully saturated rings. The first kappa shape index (κ1) is 29.1. The van der Waals surface area contributed by atoms with E-state index < -0.39 is 40.5 Å². The summed E-state index contributed by atoms with van der Waals surface area (Å²) in [6.07, 6.45) is 16.8. The van der Waals surface area contributed by atoms with E-state index in [0.717, 1.165) is 19.3 Å². The van der Waals surface area contributed by atoms with Gasteiger partial charge in [-0.2, -0.15) is 0 Å². The van der Waals surface area contributed by atoms with E-state index in [1.54, 1.807) is 6.08 Å². The lowest BCUT2D eigenvalue weighted by atomic mass is 10.0. The molecule has 0 saturated heterocycles. The van der Waals surface area contributed by atoms with E-state index in [1.165, 1.54) is 72.1 Å². The Balaban J connectivity index is 4.73. The van der Waals surface area contributed by atoms with Gasteiger partial charge in [-0.25, -0.2) is 9.59 Å². The highest BCUT2D eigenvalue weighted by Crippen LogP contribution is 2.26. The molecule has 0 aliphatic carbocycles. The number of carboxylic acid groups (broad SMARTS) is 3. The molecule has 2 N–H and O–H groups in total. The Morgan fingerprint density at radius 3 is 1.55 bits per heavy atom. The van der Waals surface area contributed by atoms with Gasteiger partial charge in [0.15, 0.2) is 12.1 Å². The molecule has 0 heterocycles. The van der Waals surface area contributed by atoms with Crippen LogP contribution in [0.3, 0.4) is 0 Å². The van der Waals surface area contributed by atoms with Crippen LogP contribution in [-0.4, -0.2) is 57.3 Å². The zero-order valence-electron chi connectivity index (χ0n) is 19.8. The Bertz CT molecular complexity index is 524. The Kier molecular flexibility index (Phi) is 14.9. The largest absolute Gasteiger partial charge is 0.544 e. The van der Waals surface area contributed by atoms with Crippen LogP contribution in [0.2, 0.25) is 0 Å². The summed E-state index contributed by atoms with van der Waals surface area (Å²) < 4.78 is -0.623. The molecule has 0 aromatic carbocycles. The second-order valence-electron chi connectivity index (χ2n) is 8.64. The van der Waals surface area contributed by atoms with Crippen molar-refractivity contribution in [1.29, 1.82) is 0 Å². The summed E-state index contributed by atoms with van der Waals surface area (Å²) in [7, 11) is 0. The fourth-order valence-electron chi connectivity index (χ4n) is 4.21. The van der Waals surface area contributed by atoms with E-state index in [9.17, 15) is 29.7 Å². The van der Waals surface area contributed by atoms with Gasteiger partial charge in [0, 0.05) is 0 Å². The van der Waals surface area contributed by atoms with Gasteiger partial charge in [0.2, 0.25) is 0 Å². The molecule has 0 saturated carbocycles. The lowest BCUT2D eigenvalue weighted by molar-refractivity contribution is -0.964. The van der Waals surface area contributed by atoms with Crippen LogP contribution in [0.4, 0.5) is 0 Å². The number of hydrogen-bond donors (Lipinski definition) is 2. The molecular weight excluding hydrogens is 398 g/mol. The van der Waals surface area contributed by atoms with Crippen LogP contribution in [0.25, 0.3) is 0 Å². The molecule has 0 radical (unpaired) electrons. The van der Waals surface area contributed by atoms with Gasteiger partial charge in [0.05, 0.1) is 12.5 Å². The molecule has 3 unspecified atom stereocenters. The topological polar surface area (TPSA) is 115 Å². The van der Waals surface area contributed by atoms with Crippen LogP contribution in [0, 0.1) is 0 Å². The average Bonchev–Trinajstić information content (AvgIpc) is 2.72. The summed E-state index contributed by atoms with van der Waals surface area (Å²) in [4.78, 5) is 35.0. The summed E-state index contributed by atoms with van der Waals surface area (Å²) in [5, 5.41) is 30.7. The van der Waals surface area contributed by atoms with E-state index in [1.807, 2.05) is 6.08 Å². The first-order valence-electron chi connectivity index (χ1n) is 11.8. The Hall–Kier alpha value is -1.89. The highest BCUT2D eigenvalue weighted by Gasteiger charge is 2.50. The third-order valence-electron chi connectivity index (χ3n) is 6.53. The number of unbranched alkanes of at least 4 members (excludes halogenated alkanes) is 10. The fourth-order valence-corrected chi connectivity index (χ4v) is 4.21. The summed E-state index contributed by atoms with van der Waals surface area (Å²) >= 11 is 0. The first-order chi connectivity index (χ1) is 14.6. The number of allylic oxidation sites excluding steroid dienone is 1. The number of carboxylic acids is 3. The van der Waals surface area contributed by atoms with Crippen LogP contribution in [0.15, 0.2) is 12.2 Å². The number of carbonyl (C=O) groups is 3. The van der Waals surface area contributed by atoms with Gasteiger partial charge >= 0.3 is 11.9 Å². The number of rotatable bonds is 19. The van der Waals surface area contributed by atoms with E-state index in [0.29, 0.717) is 0 Å². The standard InChI is InChI=1S/C24H43NO6/c1-5-6-7-8-9-10-11-12-13-14-15-16-17-18-25(19(2)22(26)27,20(3)23(28)29)21(4)24(30)31/h16-17,19-21H,5-15,18H2,1-4H3,(H2-,26,27,28,29,30,31)/b17-16+. The first-order valence-corrected chi connectivity index (χ1v) is 11.8. The van der Waals surface area contributed by atoms with Gasteiger partial charge in [-0.3, -0.25) is 4.48 Å². The fraction of sp³-hybridized carbons (Fsp3) is 0.792.